The van der Waals surface area contributed by atoms with Gasteiger partial charge in [0.2, 0.25) is 0 Å². The third kappa shape index (κ3) is 1.22. The van der Waals surface area contributed by atoms with Crippen molar-refractivity contribution < 1.29 is 9.90 Å². The van der Waals surface area contributed by atoms with Gasteiger partial charge in [0.15, 0.2) is 0 Å². The molecule has 1 rings (SSSR count). The highest BCUT2D eigenvalue weighted by Gasteiger charge is 2.38. The molecule has 0 unspecified atom stereocenters. The minimum Gasteiger partial charge on any atom is -0.481 e. The van der Waals surface area contributed by atoms with E-state index < -0.39 is 5.97 Å². The van der Waals surface area contributed by atoms with E-state index in [1.54, 1.807) is 0 Å². The molecule has 0 spiro atoms. The van der Waals surface area contributed by atoms with Crippen LogP contribution >= 0.6 is 0 Å². The van der Waals surface area contributed by atoms with Crippen molar-refractivity contribution in [3.8, 4) is 0 Å². The summed E-state index contributed by atoms with van der Waals surface area (Å²) in [5, 5.41) is 8.29. The van der Waals surface area contributed by atoms with Gasteiger partial charge in [-0.15, -0.1) is 0 Å². The lowest BCUT2D eigenvalue weighted by Gasteiger charge is -1.99. The van der Waals surface area contributed by atoms with Crippen molar-refractivity contribution in [2.24, 2.45) is 5.41 Å². The van der Waals surface area contributed by atoms with Crippen LogP contribution in [0.3, 0.4) is 0 Å². The number of carboxylic acid groups (broad SMARTS) is 1. The van der Waals surface area contributed by atoms with Gasteiger partial charge in [0, 0.05) is 0 Å². The molecule has 1 aliphatic carbocycles. The van der Waals surface area contributed by atoms with Crippen molar-refractivity contribution in [2.75, 3.05) is 0 Å². The van der Waals surface area contributed by atoms with Gasteiger partial charge in [0.25, 0.3) is 0 Å². The van der Waals surface area contributed by atoms with E-state index in [0.717, 1.165) is 12.8 Å². The SMILES string of the molecule is CC1(CC(=O)O)CC1. The zero-order valence-corrected chi connectivity index (χ0v) is 4.98. The van der Waals surface area contributed by atoms with E-state index in [4.69, 9.17) is 5.11 Å². The van der Waals surface area contributed by atoms with Gasteiger partial charge in [-0.1, -0.05) is 6.92 Å². The molecule has 0 heterocycles. The third-order valence-corrected chi connectivity index (χ3v) is 1.68. The smallest absolute Gasteiger partial charge is 0.303 e. The average Bonchev–Trinajstić information content (AvgIpc) is 2.17. The van der Waals surface area contributed by atoms with E-state index in [1.165, 1.54) is 0 Å². The second-order valence-corrected chi connectivity index (χ2v) is 2.88. The van der Waals surface area contributed by atoms with Gasteiger partial charge in [0.1, 0.15) is 0 Å². The molecule has 0 aromatic rings. The summed E-state index contributed by atoms with van der Waals surface area (Å²) in [6.07, 6.45) is 2.55. The fourth-order valence-corrected chi connectivity index (χ4v) is 0.755. The number of carboxylic acids is 1. The maximum atomic E-state index is 10.1. The first-order valence-corrected chi connectivity index (χ1v) is 2.84. The summed E-state index contributed by atoms with van der Waals surface area (Å²) in [5.74, 6) is -0.662. The standard InChI is InChI=1S/C6H10O2/c1-6(2-3-6)4-5(7)8/h2-4H2,1H3,(H,7,8). The lowest BCUT2D eigenvalue weighted by atomic mass is 10.1. The Bertz CT molecular complexity index is 114. The van der Waals surface area contributed by atoms with E-state index in [0.29, 0.717) is 6.42 Å². The van der Waals surface area contributed by atoms with E-state index >= 15 is 0 Å². The zero-order chi connectivity index (χ0) is 6.20. The lowest BCUT2D eigenvalue weighted by molar-refractivity contribution is -0.138. The van der Waals surface area contributed by atoms with Gasteiger partial charge >= 0.3 is 5.97 Å². The summed E-state index contributed by atoms with van der Waals surface area (Å²) in [4.78, 5) is 10.1. The topological polar surface area (TPSA) is 37.3 Å². The number of rotatable bonds is 2. The molecular weight excluding hydrogens is 104 g/mol. The monoisotopic (exact) mass is 114 g/mol. The van der Waals surface area contributed by atoms with Crippen LogP contribution in [0, 0.1) is 5.41 Å². The summed E-state index contributed by atoms with van der Waals surface area (Å²) in [7, 11) is 0. The molecule has 1 aliphatic rings. The summed E-state index contributed by atoms with van der Waals surface area (Å²) < 4.78 is 0. The molecule has 0 aliphatic heterocycles. The molecule has 1 saturated carbocycles. The summed E-state index contributed by atoms with van der Waals surface area (Å²) >= 11 is 0. The van der Waals surface area contributed by atoms with Crippen molar-refractivity contribution in [3.05, 3.63) is 0 Å². The largest absolute Gasteiger partial charge is 0.481 e. The molecule has 2 heteroatoms. The average molecular weight is 114 g/mol. The van der Waals surface area contributed by atoms with Gasteiger partial charge in [-0.3, -0.25) is 4.79 Å². The molecule has 8 heavy (non-hydrogen) atoms. The summed E-state index contributed by atoms with van der Waals surface area (Å²) in [6.45, 7) is 2.02. The van der Waals surface area contributed by atoms with E-state index in [2.05, 4.69) is 0 Å². The maximum Gasteiger partial charge on any atom is 0.303 e. The second kappa shape index (κ2) is 1.47. The van der Waals surface area contributed by atoms with Crippen LogP contribution in [-0.4, -0.2) is 11.1 Å². The fourth-order valence-electron chi connectivity index (χ4n) is 0.755. The van der Waals surface area contributed by atoms with Crippen LogP contribution in [0.4, 0.5) is 0 Å². The van der Waals surface area contributed by atoms with Crippen LogP contribution in [0.5, 0.6) is 0 Å². The second-order valence-electron chi connectivity index (χ2n) is 2.88. The highest BCUT2D eigenvalue weighted by molar-refractivity contribution is 5.68. The number of hydrogen-bond donors (Lipinski definition) is 1. The van der Waals surface area contributed by atoms with Crippen molar-refractivity contribution in [1.29, 1.82) is 0 Å². The molecule has 2 nitrogen and oxygen atoms in total. The van der Waals surface area contributed by atoms with Crippen molar-refractivity contribution >= 4 is 5.97 Å². The predicted molar refractivity (Wildman–Crippen MR) is 29.6 cm³/mol. The molecule has 0 radical (unpaired) electrons. The lowest BCUT2D eigenvalue weighted by Crippen LogP contribution is -2.03. The Balaban J connectivity index is 2.29. The molecule has 0 aromatic heterocycles. The summed E-state index contributed by atoms with van der Waals surface area (Å²) in [6, 6.07) is 0. The van der Waals surface area contributed by atoms with Crippen LogP contribution in [0.2, 0.25) is 0 Å². The first kappa shape index (κ1) is 5.60. The molecule has 1 N–H and O–H groups in total. The molecular formula is C6H10O2. The van der Waals surface area contributed by atoms with Crippen molar-refractivity contribution in [2.45, 2.75) is 26.2 Å². The Morgan fingerprint density at radius 1 is 1.75 bits per heavy atom. The predicted octanol–water partition coefficient (Wildman–Crippen LogP) is 1.26. The van der Waals surface area contributed by atoms with E-state index in [1.807, 2.05) is 6.92 Å². The molecule has 46 valence electrons. The van der Waals surface area contributed by atoms with Gasteiger partial charge in [-0.2, -0.15) is 0 Å². The fraction of sp³-hybridized carbons (Fsp3) is 0.833. The Morgan fingerprint density at radius 2 is 2.25 bits per heavy atom. The number of carbonyl (C=O) groups is 1. The maximum absolute atomic E-state index is 10.1. The Labute approximate surface area is 48.5 Å². The number of hydrogen-bond acceptors (Lipinski definition) is 1. The normalized spacial score (nSPS) is 22.6. The van der Waals surface area contributed by atoms with Gasteiger partial charge in [-0.25, -0.2) is 0 Å². The van der Waals surface area contributed by atoms with Crippen molar-refractivity contribution in [1.82, 2.24) is 0 Å². The Hall–Kier alpha value is -0.530. The zero-order valence-electron chi connectivity index (χ0n) is 4.98. The minimum absolute atomic E-state index is 0.172. The molecule has 0 bridgehead atoms. The third-order valence-electron chi connectivity index (χ3n) is 1.68. The first-order valence-electron chi connectivity index (χ1n) is 2.84. The molecule has 0 atom stereocenters. The van der Waals surface area contributed by atoms with Crippen LogP contribution < -0.4 is 0 Å². The van der Waals surface area contributed by atoms with E-state index in [-0.39, 0.29) is 5.41 Å². The Kier molecular flexibility index (Phi) is 1.03. The van der Waals surface area contributed by atoms with Gasteiger partial charge < -0.3 is 5.11 Å². The summed E-state index contributed by atoms with van der Waals surface area (Å²) in [5.41, 5.74) is 0.172. The quantitative estimate of drug-likeness (QED) is 0.586. The Morgan fingerprint density at radius 3 is 2.38 bits per heavy atom. The minimum atomic E-state index is -0.662. The molecule has 0 amide bonds. The molecule has 1 fully saturated rings. The van der Waals surface area contributed by atoms with Crippen LogP contribution in [0.25, 0.3) is 0 Å². The highest BCUT2D eigenvalue weighted by atomic mass is 16.4. The van der Waals surface area contributed by atoms with Crippen LogP contribution in [0.1, 0.15) is 26.2 Å². The van der Waals surface area contributed by atoms with Crippen LogP contribution in [0.15, 0.2) is 0 Å². The molecule has 0 saturated heterocycles. The molecule has 0 aromatic carbocycles. The first-order chi connectivity index (χ1) is 3.62. The van der Waals surface area contributed by atoms with Gasteiger partial charge in [0.05, 0.1) is 6.42 Å². The number of aliphatic carboxylic acids is 1. The van der Waals surface area contributed by atoms with E-state index in [9.17, 15) is 4.79 Å². The van der Waals surface area contributed by atoms with Crippen LogP contribution in [-0.2, 0) is 4.79 Å². The highest BCUT2D eigenvalue weighted by Crippen LogP contribution is 2.47. The van der Waals surface area contributed by atoms with Gasteiger partial charge in [-0.05, 0) is 18.3 Å². The van der Waals surface area contributed by atoms with Crippen molar-refractivity contribution in [3.63, 3.8) is 0 Å².